The molecule has 0 saturated heterocycles. The number of hydrogen-bond acceptors (Lipinski definition) is 2. The van der Waals surface area contributed by atoms with Crippen molar-refractivity contribution in [3.8, 4) is 0 Å². The molecule has 0 aromatic carbocycles. The second-order valence-electron chi connectivity index (χ2n) is 4.54. The average Bonchev–Trinajstić information content (AvgIpc) is 2.21. The molecule has 0 heterocycles. The van der Waals surface area contributed by atoms with Crippen LogP contribution >= 0.6 is 0 Å². The topological polar surface area (TPSA) is 52.0 Å². The molecule has 0 aromatic heterocycles. The molecular formula is C12H28N2. The zero-order chi connectivity index (χ0) is 10.8. The molecule has 2 heteroatoms. The van der Waals surface area contributed by atoms with E-state index in [4.69, 9.17) is 11.5 Å². The molecule has 0 spiro atoms. The second-order valence-corrected chi connectivity index (χ2v) is 4.54. The van der Waals surface area contributed by atoms with Crippen molar-refractivity contribution in [2.24, 2.45) is 23.3 Å². The maximum absolute atomic E-state index is 5.63. The molecule has 86 valence electrons. The Balaban J connectivity index is 3.18. The van der Waals surface area contributed by atoms with Crippen molar-refractivity contribution < 1.29 is 0 Å². The molecule has 0 aliphatic heterocycles. The van der Waals surface area contributed by atoms with Gasteiger partial charge in [-0.2, -0.15) is 0 Å². The predicted molar refractivity (Wildman–Crippen MR) is 64.1 cm³/mol. The van der Waals surface area contributed by atoms with E-state index in [2.05, 4.69) is 13.8 Å². The van der Waals surface area contributed by atoms with Gasteiger partial charge in [0, 0.05) is 0 Å². The number of nitrogens with two attached hydrogens (primary N) is 2. The highest BCUT2D eigenvalue weighted by atomic mass is 14.5. The smallest absolute Gasteiger partial charge is 0.00490 e. The van der Waals surface area contributed by atoms with E-state index in [1.807, 2.05) is 0 Å². The van der Waals surface area contributed by atoms with Gasteiger partial charge in [-0.15, -0.1) is 0 Å². The van der Waals surface area contributed by atoms with Gasteiger partial charge >= 0.3 is 0 Å². The third-order valence-electron chi connectivity index (χ3n) is 3.21. The third kappa shape index (κ3) is 7.34. The maximum Gasteiger partial charge on any atom is -0.00490 e. The number of hydrogen-bond donors (Lipinski definition) is 2. The Morgan fingerprint density at radius 3 is 1.93 bits per heavy atom. The molecule has 0 amide bonds. The first kappa shape index (κ1) is 13.9. The summed E-state index contributed by atoms with van der Waals surface area (Å²) in [6.45, 7) is 6.24. The Morgan fingerprint density at radius 2 is 1.36 bits per heavy atom. The monoisotopic (exact) mass is 200 g/mol. The van der Waals surface area contributed by atoms with Crippen molar-refractivity contribution in [1.29, 1.82) is 0 Å². The van der Waals surface area contributed by atoms with Crippen LogP contribution in [-0.4, -0.2) is 13.1 Å². The van der Waals surface area contributed by atoms with E-state index in [-0.39, 0.29) is 0 Å². The van der Waals surface area contributed by atoms with E-state index in [9.17, 15) is 0 Å². The normalized spacial score (nSPS) is 15.4. The lowest BCUT2D eigenvalue weighted by molar-refractivity contribution is 0.357. The summed E-state index contributed by atoms with van der Waals surface area (Å²) in [5, 5.41) is 0. The van der Waals surface area contributed by atoms with Crippen LogP contribution in [0.15, 0.2) is 0 Å². The molecule has 2 unspecified atom stereocenters. The van der Waals surface area contributed by atoms with Crippen molar-refractivity contribution in [2.75, 3.05) is 13.1 Å². The molecule has 0 rings (SSSR count). The first-order valence-corrected chi connectivity index (χ1v) is 6.12. The Hall–Kier alpha value is -0.0800. The summed E-state index contributed by atoms with van der Waals surface area (Å²) in [6, 6.07) is 0. The van der Waals surface area contributed by atoms with Crippen LogP contribution in [0.2, 0.25) is 0 Å². The van der Waals surface area contributed by atoms with Crippen LogP contribution in [0.1, 0.15) is 52.4 Å². The lowest BCUT2D eigenvalue weighted by Gasteiger charge is -2.17. The van der Waals surface area contributed by atoms with Crippen LogP contribution < -0.4 is 11.5 Å². The van der Waals surface area contributed by atoms with Crippen molar-refractivity contribution >= 4 is 0 Å². The van der Waals surface area contributed by atoms with Crippen LogP contribution in [0.5, 0.6) is 0 Å². The Kier molecular flexibility index (Phi) is 9.42. The van der Waals surface area contributed by atoms with Gasteiger partial charge in [-0.1, -0.05) is 46.0 Å². The number of rotatable bonds is 9. The maximum atomic E-state index is 5.63. The molecule has 0 aliphatic rings. The Bertz CT molecular complexity index is 115. The molecule has 0 radical (unpaired) electrons. The van der Waals surface area contributed by atoms with E-state index in [0.29, 0.717) is 5.92 Å². The molecule has 0 aromatic rings. The van der Waals surface area contributed by atoms with E-state index in [1.165, 1.54) is 38.5 Å². The molecule has 14 heavy (non-hydrogen) atoms. The van der Waals surface area contributed by atoms with E-state index < -0.39 is 0 Å². The highest BCUT2D eigenvalue weighted by Gasteiger charge is 2.09. The fraction of sp³-hybridized carbons (Fsp3) is 1.00. The van der Waals surface area contributed by atoms with Gasteiger partial charge in [0.05, 0.1) is 0 Å². The van der Waals surface area contributed by atoms with E-state index in [1.54, 1.807) is 0 Å². The SMILES string of the molecule is CC(CN)C(C)CCCCCCCN. The minimum absolute atomic E-state index is 0.680. The molecule has 0 saturated carbocycles. The van der Waals surface area contributed by atoms with Gasteiger partial charge in [-0.3, -0.25) is 0 Å². The average molecular weight is 200 g/mol. The first-order valence-electron chi connectivity index (χ1n) is 6.12. The molecule has 0 fully saturated rings. The van der Waals surface area contributed by atoms with Gasteiger partial charge in [-0.25, -0.2) is 0 Å². The molecule has 0 aliphatic carbocycles. The quantitative estimate of drug-likeness (QED) is 0.562. The van der Waals surface area contributed by atoms with Crippen LogP contribution in [0.25, 0.3) is 0 Å². The summed E-state index contributed by atoms with van der Waals surface area (Å²) in [5.41, 5.74) is 11.1. The Morgan fingerprint density at radius 1 is 0.786 bits per heavy atom. The summed E-state index contributed by atoms with van der Waals surface area (Å²) in [4.78, 5) is 0. The first-order chi connectivity index (χ1) is 6.72. The summed E-state index contributed by atoms with van der Waals surface area (Å²) < 4.78 is 0. The summed E-state index contributed by atoms with van der Waals surface area (Å²) in [5.74, 6) is 1.47. The predicted octanol–water partition coefficient (Wildman–Crippen LogP) is 2.52. The third-order valence-corrected chi connectivity index (χ3v) is 3.21. The lowest BCUT2D eigenvalue weighted by Crippen LogP contribution is -2.18. The molecular weight excluding hydrogens is 172 g/mol. The minimum Gasteiger partial charge on any atom is -0.330 e. The largest absolute Gasteiger partial charge is 0.330 e. The highest BCUT2D eigenvalue weighted by Crippen LogP contribution is 2.17. The second kappa shape index (κ2) is 9.47. The zero-order valence-corrected chi connectivity index (χ0v) is 9.97. The van der Waals surface area contributed by atoms with Crippen molar-refractivity contribution in [2.45, 2.75) is 52.4 Å². The Labute approximate surface area is 89.4 Å². The summed E-state index contributed by atoms with van der Waals surface area (Å²) in [7, 11) is 0. The standard InChI is InChI=1S/C12H28N2/c1-11(12(2)10-14)8-6-4-3-5-7-9-13/h11-12H,3-10,13-14H2,1-2H3. The van der Waals surface area contributed by atoms with Gasteiger partial charge < -0.3 is 11.5 Å². The minimum atomic E-state index is 0.680. The van der Waals surface area contributed by atoms with Crippen molar-refractivity contribution in [3.05, 3.63) is 0 Å². The van der Waals surface area contributed by atoms with Crippen molar-refractivity contribution in [3.63, 3.8) is 0 Å². The van der Waals surface area contributed by atoms with Crippen molar-refractivity contribution in [1.82, 2.24) is 0 Å². The van der Waals surface area contributed by atoms with Gasteiger partial charge in [0.1, 0.15) is 0 Å². The van der Waals surface area contributed by atoms with Crippen LogP contribution in [0, 0.1) is 11.8 Å². The fourth-order valence-corrected chi connectivity index (χ4v) is 1.66. The summed E-state index contributed by atoms with van der Waals surface area (Å²) in [6.07, 6.45) is 7.89. The number of unbranched alkanes of at least 4 members (excludes halogenated alkanes) is 4. The van der Waals surface area contributed by atoms with Crippen LogP contribution in [0.3, 0.4) is 0 Å². The van der Waals surface area contributed by atoms with Gasteiger partial charge in [-0.05, 0) is 31.3 Å². The summed E-state index contributed by atoms with van der Waals surface area (Å²) >= 11 is 0. The van der Waals surface area contributed by atoms with E-state index in [0.717, 1.165) is 19.0 Å². The molecule has 4 N–H and O–H groups in total. The van der Waals surface area contributed by atoms with Gasteiger partial charge in [0.25, 0.3) is 0 Å². The zero-order valence-electron chi connectivity index (χ0n) is 9.97. The van der Waals surface area contributed by atoms with E-state index >= 15 is 0 Å². The molecule has 0 bridgehead atoms. The molecule has 2 atom stereocenters. The fourth-order valence-electron chi connectivity index (χ4n) is 1.66. The molecule has 2 nitrogen and oxygen atoms in total. The van der Waals surface area contributed by atoms with Gasteiger partial charge in [0.2, 0.25) is 0 Å². The van der Waals surface area contributed by atoms with Crippen LogP contribution in [-0.2, 0) is 0 Å². The van der Waals surface area contributed by atoms with Gasteiger partial charge in [0.15, 0.2) is 0 Å². The highest BCUT2D eigenvalue weighted by molar-refractivity contribution is 4.62. The van der Waals surface area contributed by atoms with Crippen LogP contribution in [0.4, 0.5) is 0 Å². The lowest BCUT2D eigenvalue weighted by atomic mass is 9.91.